The van der Waals surface area contributed by atoms with Crippen LogP contribution in [-0.4, -0.2) is 31.8 Å². The largest absolute Gasteiger partial charge is 0.492 e. The molecule has 0 bridgehead atoms. The molecule has 7 heteroatoms. The molecule has 0 saturated carbocycles. The molecule has 0 spiro atoms. The van der Waals surface area contributed by atoms with Crippen LogP contribution in [0.15, 0.2) is 35.7 Å². The van der Waals surface area contributed by atoms with Gasteiger partial charge in [-0.3, -0.25) is 4.21 Å². The zero-order chi connectivity index (χ0) is 13.0. The molecule has 0 aliphatic heterocycles. The molecule has 1 unspecified atom stereocenters. The molecule has 1 atom stereocenters. The van der Waals surface area contributed by atoms with Crippen molar-refractivity contribution in [3.63, 3.8) is 0 Å². The smallest absolute Gasteiger partial charge is 0.221 e. The molecule has 96 valence electrons. The van der Waals surface area contributed by atoms with Crippen LogP contribution < -0.4 is 4.74 Å². The molecule has 0 radical (unpaired) electrons. The van der Waals surface area contributed by atoms with Crippen molar-refractivity contribution in [1.29, 1.82) is 0 Å². The number of nitrogens with zero attached hydrogens (tertiary/aromatic N) is 3. The summed E-state index contributed by atoms with van der Waals surface area (Å²) in [6.45, 7) is 0.782. The number of ether oxygens (including phenoxy) is 1. The molecule has 2 rings (SSSR count). The van der Waals surface area contributed by atoms with E-state index in [2.05, 4.69) is 10.2 Å². The van der Waals surface area contributed by atoms with Crippen LogP contribution in [0.5, 0.6) is 5.75 Å². The number of halogens is 1. The van der Waals surface area contributed by atoms with E-state index < -0.39 is 10.8 Å². The summed E-state index contributed by atoms with van der Waals surface area (Å²) in [4.78, 5) is 0. The third-order valence-corrected chi connectivity index (χ3v) is 3.06. The van der Waals surface area contributed by atoms with Crippen LogP contribution in [0, 0.1) is 5.82 Å². The van der Waals surface area contributed by atoms with Gasteiger partial charge in [-0.2, -0.15) is 0 Å². The molecule has 1 aromatic heterocycles. The number of aromatic nitrogens is 3. The SMILES string of the molecule is CS(=O)c1nncn1CCOc1cccc(F)c1. The van der Waals surface area contributed by atoms with Gasteiger partial charge < -0.3 is 9.30 Å². The minimum atomic E-state index is -1.19. The molecular formula is C11H12FN3O2S. The van der Waals surface area contributed by atoms with Gasteiger partial charge in [0.05, 0.1) is 17.3 Å². The highest BCUT2D eigenvalue weighted by atomic mass is 32.2. The zero-order valence-corrected chi connectivity index (χ0v) is 10.6. The standard InChI is InChI=1S/C11H12FN3O2S/c1-18(16)11-14-13-8-15(11)5-6-17-10-4-2-3-9(12)7-10/h2-4,7-8H,5-6H2,1H3. The van der Waals surface area contributed by atoms with Crippen molar-refractivity contribution >= 4 is 10.8 Å². The second kappa shape index (κ2) is 5.72. The number of benzene rings is 1. The summed E-state index contributed by atoms with van der Waals surface area (Å²) < 4.78 is 31.2. The third-order valence-electron chi connectivity index (χ3n) is 2.23. The Labute approximate surface area is 106 Å². The third kappa shape index (κ3) is 3.13. The van der Waals surface area contributed by atoms with Crippen molar-refractivity contribution in [3.8, 4) is 5.75 Å². The zero-order valence-electron chi connectivity index (χ0n) is 9.75. The van der Waals surface area contributed by atoms with Gasteiger partial charge >= 0.3 is 0 Å². The van der Waals surface area contributed by atoms with Gasteiger partial charge in [0.15, 0.2) is 0 Å². The predicted molar refractivity (Wildman–Crippen MR) is 64.2 cm³/mol. The summed E-state index contributed by atoms with van der Waals surface area (Å²) in [5.74, 6) is 0.120. The fourth-order valence-corrected chi connectivity index (χ4v) is 2.07. The molecule has 1 aromatic carbocycles. The van der Waals surface area contributed by atoms with Crippen LogP contribution in [0.3, 0.4) is 0 Å². The average Bonchev–Trinajstić information content (AvgIpc) is 2.77. The van der Waals surface area contributed by atoms with E-state index in [9.17, 15) is 8.60 Å². The Hall–Kier alpha value is -1.76. The summed E-state index contributed by atoms with van der Waals surface area (Å²) in [5, 5.41) is 7.84. The van der Waals surface area contributed by atoms with E-state index in [1.165, 1.54) is 24.7 Å². The average molecular weight is 269 g/mol. The molecule has 0 fully saturated rings. The Kier molecular flexibility index (Phi) is 4.03. The lowest BCUT2D eigenvalue weighted by Crippen LogP contribution is -2.11. The Morgan fingerprint density at radius 2 is 2.33 bits per heavy atom. The van der Waals surface area contributed by atoms with Crippen LogP contribution in [0.25, 0.3) is 0 Å². The van der Waals surface area contributed by atoms with E-state index >= 15 is 0 Å². The van der Waals surface area contributed by atoms with Crippen molar-refractivity contribution in [2.75, 3.05) is 12.9 Å². The maximum Gasteiger partial charge on any atom is 0.221 e. The quantitative estimate of drug-likeness (QED) is 0.819. The van der Waals surface area contributed by atoms with Crippen LogP contribution in [0.4, 0.5) is 4.39 Å². The van der Waals surface area contributed by atoms with Crippen molar-refractivity contribution in [3.05, 3.63) is 36.4 Å². The highest BCUT2D eigenvalue weighted by molar-refractivity contribution is 7.84. The van der Waals surface area contributed by atoms with Gasteiger partial charge in [-0.05, 0) is 12.1 Å². The molecule has 0 saturated heterocycles. The number of rotatable bonds is 5. The lowest BCUT2D eigenvalue weighted by atomic mass is 10.3. The first-order valence-corrected chi connectivity index (χ1v) is 6.82. The van der Waals surface area contributed by atoms with Gasteiger partial charge in [-0.15, -0.1) is 10.2 Å². The number of hydrogen-bond acceptors (Lipinski definition) is 4. The van der Waals surface area contributed by atoms with E-state index in [0.717, 1.165) is 0 Å². The van der Waals surface area contributed by atoms with E-state index in [1.54, 1.807) is 16.7 Å². The molecule has 0 aliphatic carbocycles. The molecule has 5 nitrogen and oxygen atoms in total. The van der Waals surface area contributed by atoms with Gasteiger partial charge in [0.25, 0.3) is 0 Å². The lowest BCUT2D eigenvalue weighted by molar-refractivity contribution is 0.292. The second-order valence-electron chi connectivity index (χ2n) is 3.57. The molecule has 0 N–H and O–H groups in total. The monoisotopic (exact) mass is 269 g/mol. The van der Waals surface area contributed by atoms with Crippen LogP contribution in [0.2, 0.25) is 0 Å². The highest BCUT2D eigenvalue weighted by Gasteiger charge is 2.07. The van der Waals surface area contributed by atoms with E-state index in [1.807, 2.05) is 0 Å². The summed E-state index contributed by atoms with van der Waals surface area (Å²) in [6, 6.07) is 5.92. The van der Waals surface area contributed by atoms with Crippen molar-refractivity contribution in [2.45, 2.75) is 11.7 Å². The minimum absolute atomic E-state index is 0.325. The van der Waals surface area contributed by atoms with Gasteiger partial charge in [0.1, 0.15) is 24.5 Å². The lowest BCUT2D eigenvalue weighted by Gasteiger charge is -2.07. The van der Waals surface area contributed by atoms with Crippen molar-refractivity contribution < 1.29 is 13.3 Å². The molecule has 0 aliphatic rings. The topological polar surface area (TPSA) is 57.0 Å². The van der Waals surface area contributed by atoms with Crippen LogP contribution >= 0.6 is 0 Å². The fourth-order valence-electron chi connectivity index (χ4n) is 1.44. The Balaban J connectivity index is 1.92. The Morgan fingerprint density at radius 3 is 3.06 bits per heavy atom. The van der Waals surface area contributed by atoms with Gasteiger partial charge in [0, 0.05) is 12.3 Å². The Morgan fingerprint density at radius 1 is 1.50 bits per heavy atom. The molecule has 0 amide bonds. The fraction of sp³-hybridized carbons (Fsp3) is 0.273. The normalized spacial score (nSPS) is 12.3. The molecule has 1 heterocycles. The first kappa shape index (κ1) is 12.7. The first-order chi connectivity index (χ1) is 8.66. The van der Waals surface area contributed by atoms with Gasteiger partial charge in [-0.1, -0.05) is 6.07 Å². The number of hydrogen-bond donors (Lipinski definition) is 0. The summed E-state index contributed by atoms with van der Waals surface area (Å²) >= 11 is 0. The molecule has 18 heavy (non-hydrogen) atoms. The summed E-state index contributed by atoms with van der Waals surface area (Å²) in [7, 11) is -1.19. The Bertz CT molecular complexity index is 559. The summed E-state index contributed by atoms with van der Waals surface area (Å²) in [6.07, 6.45) is 3.03. The van der Waals surface area contributed by atoms with Crippen LogP contribution in [-0.2, 0) is 17.3 Å². The minimum Gasteiger partial charge on any atom is -0.492 e. The van der Waals surface area contributed by atoms with E-state index in [-0.39, 0.29) is 5.82 Å². The van der Waals surface area contributed by atoms with Gasteiger partial charge in [0.2, 0.25) is 5.16 Å². The molecule has 2 aromatic rings. The predicted octanol–water partition coefficient (Wildman–Crippen LogP) is 1.23. The van der Waals surface area contributed by atoms with Crippen molar-refractivity contribution in [1.82, 2.24) is 14.8 Å². The van der Waals surface area contributed by atoms with E-state index in [0.29, 0.717) is 24.1 Å². The van der Waals surface area contributed by atoms with Gasteiger partial charge in [-0.25, -0.2) is 4.39 Å². The van der Waals surface area contributed by atoms with Crippen molar-refractivity contribution in [2.24, 2.45) is 0 Å². The maximum absolute atomic E-state index is 12.9. The maximum atomic E-state index is 12.9. The van der Waals surface area contributed by atoms with Crippen LogP contribution in [0.1, 0.15) is 0 Å². The highest BCUT2D eigenvalue weighted by Crippen LogP contribution is 2.12. The molecular weight excluding hydrogens is 257 g/mol. The van der Waals surface area contributed by atoms with E-state index in [4.69, 9.17) is 4.74 Å². The first-order valence-electron chi connectivity index (χ1n) is 5.26. The summed E-state index contributed by atoms with van der Waals surface area (Å²) in [5.41, 5.74) is 0. The second-order valence-corrected chi connectivity index (χ2v) is 4.84.